The number of fused-ring (bicyclic) bond motifs is 1. The fraction of sp³-hybridized carbons (Fsp3) is 0.333. The molecule has 1 aliphatic rings. The maximum atomic E-state index is 12.3. The fourth-order valence-corrected chi connectivity index (χ4v) is 4.02. The molecule has 3 N–H and O–H groups in total. The number of pyridine rings is 1. The van der Waals surface area contributed by atoms with E-state index in [9.17, 15) is 31.1 Å². The zero-order valence-corrected chi connectivity index (χ0v) is 19.1. The van der Waals surface area contributed by atoms with E-state index in [1.165, 1.54) is 32.1 Å². The molecule has 0 aliphatic heterocycles. The van der Waals surface area contributed by atoms with Gasteiger partial charge in [-0.05, 0) is 43.2 Å². The number of nitrogens with one attached hydrogen (secondary N) is 1. The van der Waals surface area contributed by atoms with Crippen LogP contribution in [0.2, 0.25) is 5.02 Å². The van der Waals surface area contributed by atoms with Crippen molar-refractivity contribution >= 4 is 34.2 Å². The van der Waals surface area contributed by atoms with Crippen LogP contribution in [0.4, 0.5) is 32.2 Å². The van der Waals surface area contributed by atoms with Gasteiger partial charge < -0.3 is 11.1 Å². The van der Waals surface area contributed by atoms with Crippen LogP contribution in [0, 0.1) is 0 Å². The van der Waals surface area contributed by atoms with Gasteiger partial charge in [-0.25, -0.2) is 4.98 Å². The Bertz CT molecular complexity index is 1160. The van der Waals surface area contributed by atoms with Gasteiger partial charge >= 0.3 is 12.4 Å². The minimum absolute atomic E-state index is 0.0769. The summed E-state index contributed by atoms with van der Waals surface area (Å²) in [5.74, 6) is -0.452. The highest BCUT2D eigenvalue weighted by atomic mass is 35.5. The molecular formula is C24H22ClF6N3O. The number of carbonyl (C=O) groups excluding carboxylic acids is 1. The molecule has 0 atom stereocenters. The zero-order valence-electron chi connectivity index (χ0n) is 18.3. The summed E-state index contributed by atoms with van der Waals surface area (Å²) in [7, 11) is 0. The van der Waals surface area contributed by atoms with Gasteiger partial charge in [-0.15, -0.1) is 0 Å². The lowest BCUT2D eigenvalue weighted by Crippen LogP contribution is -2.22. The monoisotopic (exact) mass is 517 g/mol. The number of carbonyl (C=O) groups is 1. The molecule has 1 saturated carbocycles. The summed E-state index contributed by atoms with van der Waals surface area (Å²) in [6.45, 7) is 0. The van der Waals surface area contributed by atoms with Crippen molar-refractivity contribution in [1.82, 2.24) is 4.98 Å². The summed E-state index contributed by atoms with van der Waals surface area (Å²) in [5.41, 5.74) is 1.65. The highest BCUT2D eigenvalue weighted by Crippen LogP contribution is 2.36. The zero-order chi connectivity index (χ0) is 25.8. The van der Waals surface area contributed by atoms with Crippen molar-refractivity contribution in [2.45, 2.75) is 50.5 Å². The Morgan fingerprint density at radius 3 is 2.03 bits per heavy atom. The number of halogens is 7. The van der Waals surface area contributed by atoms with E-state index in [1.54, 1.807) is 0 Å². The number of primary amides is 1. The molecule has 3 aromatic rings. The van der Waals surface area contributed by atoms with Crippen LogP contribution < -0.4 is 11.1 Å². The van der Waals surface area contributed by atoms with Gasteiger partial charge in [0.1, 0.15) is 5.82 Å². The standard InChI is InChI=1S/C15H17ClN2.C9H5F6NO/c16-13-10-15(17-11-6-2-1-3-7-11)18-14-9-5-4-8-12(13)14;10-8(11,12)5-1-4(7(16)17)2-6(3-5)9(13,14)15/h4-5,8-11H,1-3,6-7H2,(H,17,18);1-3H,(H2,16,17). The Hall–Kier alpha value is -3.01. The van der Waals surface area contributed by atoms with Crippen LogP contribution in [-0.4, -0.2) is 16.9 Å². The molecule has 2 aromatic carbocycles. The second-order valence-electron chi connectivity index (χ2n) is 8.14. The lowest BCUT2D eigenvalue weighted by molar-refractivity contribution is -0.143. The van der Waals surface area contributed by atoms with E-state index in [1.807, 2.05) is 30.3 Å². The molecule has 1 aromatic heterocycles. The van der Waals surface area contributed by atoms with Gasteiger partial charge in [0.25, 0.3) is 0 Å². The van der Waals surface area contributed by atoms with E-state index in [4.69, 9.17) is 11.6 Å². The number of amides is 1. The molecule has 1 amide bonds. The van der Waals surface area contributed by atoms with Gasteiger partial charge in [0, 0.05) is 17.0 Å². The van der Waals surface area contributed by atoms with Crippen LogP contribution in [0.15, 0.2) is 48.5 Å². The predicted octanol–water partition coefficient (Wildman–Crippen LogP) is 7.46. The smallest absolute Gasteiger partial charge is 0.367 e. The normalized spacial score (nSPS) is 14.8. The van der Waals surface area contributed by atoms with Crippen LogP contribution in [-0.2, 0) is 12.4 Å². The fourth-order valence-electron chi connectivity index (χ4n) is 3.76. The van der Waals surface area contributed by atoms with Gasteiger partial charge in [0.05, 0.1) is 21.7 Å². The van der Waals surface area contributed by atoms with Crippen molar-refractivity contribution in [2.75, 3.05) is 5.32 Å². The predicted molar refractivity (Wildman–Crippen MR) is 122 cm³/mol. The van der Waals surface area contributed by atoms with Crippen LogP contribution >= 0.6 is 11.6 Å². The average molecular weight is 518 g/mol. The molecule has 1 fully saturated rings. The second kappa shape index (κ2) is 10.7. The van der Waals surface area contributed by atoms with Crippen LogP contribution in [0.25, 0.3) is 10.9 Å². The molecule has 0 bridgehead atoms. The molecule has 188 valence electrons. The summed E-state index contributed by atoms with van der Waals surface area (Å²) in [6.07, 6.45) is -3.47. The molecule has 0 saturated heterocycles. The summed E-state index contributed by atoms with van der Waals surface area (Å²) in [6, 6.07) is 11.0. The molecule has 4 nitrogen and oxygen atoms in total. The summed E-state index contributed by atoms with van der Waals surface area (Å²) in [4.78, 5) is 15.3. The lowest BCUT2D eigenvalue weighted by atomic mass is 9.95. The van der Waals surface area contributed by atoms with E-state index < -0.39 is 35.0 Å². The number of benzene rings is 2. The maximum absolute atomic E-state index is 12.3. The van der Waals surface area contributed by atoms with Crippen molar-refractivity contribution < 1.29 is 31.1 Å². The molecule has 1 heterocycles. The highest BCUT2D eigenvalue weighted by molar-refractivity contribution is 6.35. The molecule has 1 aliphatic carbocycles. The maximum Gasteiger partial charge on any atom is 0.416 e. The third kappa shape index (κ3) is 7.24. The third-order valence-corrected chi connectivity index (χ3v) is 5.81. The van der Waals surface area contributed by atoms with E-state index in [2.05, 4.69) is 16.0 Å². The SMILES string of the molecule is Clc1cc(NC2CCCCC2)nc2ccccc12.NC(=O)c1cc(C(F)(F)F)cc(C(F)(F)F)c1. The number of nitrogens with two attached hydrogens (primary N) is 1. The molecule has 0 spiro atoms. The molecule has 0 unspecified atom stereocenters. The van der Waals surface area contributed by atoms with E-state index in [0.717, 1.165) is 21.7 Å². The number of alkyl halides is 6. The first kappa shape index (κ1) is 26.6. The van der Waals surface area contributed by atoms with Gasteiger partial charge in [0.15, 0.2) is 0 Å². The quantitative estimate of drug-likeness (QED) is 0.354. The van der Waals surface area contributed by atoms with Crippen LogP contribution in [0.5, 0.6) is 0 Å². The van der Waals surface area contributed by atoms with Crippen molar-refractivity contribution in [3.05, 3.63) is 70.2 Å². The Balaban J connectivity index is 0.000000196. The first-order valence-electron chi connectivity index (χ1n) is 10.8. The van der Waals surface area contributed by atoms with Crippen LogP contribution in [0.1, 0.15) is 53.6 Å². The number of hydrogen-bond donors (Lipinski definition) is 2. The lowest BCUT2D eigenvalue weighted by Gasteiger charge is -2.23. The Morgan fingerprint density at radius 2 is 1.49 bits per heavy atom. The molecule has 0 radical (unpaired) electrons. The average Bonchev–Trinajstić information content (AvgIpc) is 2.79. The number of para-hydroxylation sites is 1. The first-order valence-corrected chi connectivity index (χ1v) is 11.1. The highest BCUT2D eigenvalue weighted by Gasteiger charge is 2.37. The molecule has 4 rings (SSSR count). The summed E-state index contributed by atoms with van der Waals surface area (Å²) in [5, 5.41) is 5.32. The number of hydrogen-bond acceptors (Lipinski definition) is 3. The third-order valence-electron chi connectivity index (χ3n) is 5.50. The number of rotatable bonds is 3. The van der Waals surface area contributed by atoms with Gasteiger partial charge in [0.2, 0.25) is 5.91 Å². The number of nitrogens with zero attached hydrogens (tertiary/aromatic N) is 1. The second-order valence-corrected chi connectivity index (χ2v) is 8.55. The van der Waals surface area contributed by atoms with Gasteiger partial charge in [-0.2, -0.15) is 26.3 Å². The van der Waals surface area contributed by atoms with Crippen molar-refractivity contribution in [1.29, 1.82) is 0 Å². The minimum atomic E-state index is -4.98. The molecule has 35 heavy (non-hydrogen) atoms. The van der Waals surface area contributed by atoms with Gasteiger partial charge in [-0.3, -0.25) is 4.79 Å². The summed E-state index contributed by atoms with van der Waals surface area (Å²) < 4.78 is 73.7. The topological polar surface area (TPSA) is 68.0 Å². The molecular weight excluding hydrogens is 496 g/mol. The Kier molecular flexibility index (Phi) is 8.15. The Labute approximate surface area is 202 Å². The van der Waals surface area contributed by atoms with Crippen LogP contribution in [0.3, 0.4) is 0 Å². The Morgan fingerprint density at radius 1 is 0.914 bits per heavy atom. The molecule has 11 heteroatoms. The van der Waals surface area contributed by atoms with Crippen molar-refractivity contribution in [3.8, 4) is 0 Å². The van der Waals surface area contributed by atoms with Crippen molar-refractivity contribution in [2.24, 2.45) is 5.73 Å². The first-order chi connectivity index (χ1) is 16.3. The van der Waals surface area contributed by atoms with E-state index in [0.29, 0.717) is 6.04 Å². The van der Waals surface area contributed by atoms with Gasteiger partial charge in [-0.1, -0.05) is 49.1 Å². The number of anilines is 1. The summed E-state index contributed by atoms with van der Waals surface area (Å²) >= 11 is 6.30. The van der Waals surface area contributed by atoms with E-state index >= 15 is 0 Å². The largest absolute Gasteiger partial charge is 0.416 e. The minimum Gasteiger partial charge on any atom is -0.367 e. The van der Waals surface area contributed by atoms with E-state index in [-0.39, 0.29) is 18.2 Å². The van der Waals surface area contributed by atoms with Crippen molar-refractivity contribution in [3.63, 3.8) is 0 Å². The number of aromatic nitrogens is 1.